The monoisotopic (exact) mass is 224 g/mol. The summed E-state index contributed by atoms with van der Waals surface area (Å²) in [6.07, 6.45) is 0. The van der Waals surface area contributed by atoms with Gasteiger partial charge in [-0.05, 0) is 31.0 Å². The zero-order valence-electron chi connectivity index (χ0n) is 10.6. The number of hydrogen-bond donors (Lipinski definition) is 2. The highest BCUT2D eigenvalue weighted by Crippen LogP contribution is 2.41. The van der Waals surface area contributed by atoms with Gasteiger partial charge < -0.3 is 14.9 Å². The number of phenols is 1. The van der Waals surface area contributed by atoms with Crippen LogP contribution in [0.1, 0.15) is 30.5 Å². The van der Waals surface area contributed by atoms with Gasteiger partial charge in [-0.3, -0.25) is 0 Å². The van der Waals surface area contributed by atoms with Gasteiger partial charge in [0.2, 0.25) is 0 Å². The maximum Gasteiger partial charge on any atom is 0.161 e. The average Bonchev–Trinajstić information content (AvgIpc) is 2.23. The Morgan fingerprint density at radius 1 is 1.31 bits per heavy atom. The second-order valence-corrected chi connectivity index (χ2v) is 4.79. The van der Waals surface area contributed by atoms with Crippen LogP contribution < -0.4 is 4.74 Å². The molecule has 0 atom stereocenters. The zero-order valence-corrected chi connectivity index (χ0v) is 10.6. The molecule has 0 amide bonds. The molecule has 0 aliphatic rings. The molecular formula is C13H20O3. The normalized spacial score (nSPS) is 11.6. The predicted molar refractivity (Wildman–Crippen MR) is 64.2 cm³/mol. The van der Waals surface area contributed by atoms with Crippen LogP contribution in [0.5, 0.6) is 11.5 Å². The third-order valence-electron chi connectivity index (χ3n) is 3.08. The van der Waals surface area contributed by atoms with Crippen LogP contribution in [-0.2, 0) is 5.41 Å². The van der Waals surface area contributed by atoms with Crippen molar-refractivity contribution in [1.29, 1.82) is 0 Å². The van der Waals surface area contributed by atoms with Crippen LogP contribution in [0.2, 0.25) is 0 Å². The zero-order chi connectivity index (χ0) is 12.5. The SMILES string of the molecule is COc1cc(C)c(C)c(C(C)(C)CO)c1O. The minimum atomic E-state index is -0.479. The molecule has 0 saturated carbocycles. The highest BCUT2D eigenvalue weighted by atomic mass is 16.5. The topological polar surface area (TPSA) is 49.7 Å². The summed E-state index contributed by atoms with van der Waals surface area (Å²) < 4.78 is 5.13. The molecule has 0 spiro atoms. The summed E-state index contributed by atoms with van der Waals surface area (Å²) in [7, 11) is 1.53. The first-order valence-electron chi connectivity index (χ1n) is 5.33. The lowest BCUT2D eigenvalue weighted by Gasteiger charge is -2.27. The Balaban J connectivity index is 3.54. The number of aromatic hydroxyl groups is 1. The van der Waals surface area contributed by atoms with E-state index in [4.69, 9.17) is 4.74 Å². The van der Waals surface area contributed by atoms with Crippen molar-refractivity contribution in [1.82, 2.24) is 0 Å². The summed E-state index contributed by atoms with van der Waals surface area (Å²) in [4.78, 5) is 0. The van der Waals surface area contributed by atoms with Gasteiger partial charge in [0.1, 0.15) is 0 Å². The van der Waals surface area contributed by atoms with Gasteiger partial charge in [-0.15, -0.1) is 0 Å². The second-order valence-electron chi connectivity index (χ2n) is 4.79. The van der Waals surface area contributed by atoms with Gasteiger partial charge in [-0.25, -0.2) is 0 Å². The minimum absolute atomic E-state index is 0.0198. The molecule has 0 aliphatic heterocycles. The summed E-state index contributed by atoms with van der Waals surface area (Å²) in [5.74, 6) is 0.587. The van der Waals surface area contributed by atoms with E-state index in [0.29, 0.717) is 5.75 Å². The first-order chi connectivity index (χ1) is 7.35. The van der Waals surface area contributed by atoms with Crippen LogP contribution in [0.3, 0.4) is 0 Å². The smallest absolute Gasteiger partial charge is 0.161 e. The third-order valence-corrected chi connectivity index (χ3v) is 3.08. The fraction of sp³-hybridized carbons (Fsp3) is 0.538. The van der Waals surface area contributed by atoms with E-state index in [0.717, 1.165) is 16.7 Å². The van der Waals surface area contributed by atoms with Crippen molar-refractivity contribution in [3.05, 3.63) is 22.8 Å². The van der Waals surface area contributed by atoms with Crippen LogP contribution >= 0.6 is 0 Å². The highest BCUT2D eigenvalue weighted by Gasteiger charge is 2.28. The van der Waals surface area contributed by atoms with Gasteiger partial charge in [-0.1, -0.05) is 13.8 Å². The summed E-state index contributed by atoms with van der Waals surface area (Å²) in [6.45, 7) is 7.69. The first kappa shape index (κ1) is 12.8. The molecule has 3 nitrogen and oxygen atoms in total. The molecule has 16 heavy (non-hydrogen) atoms. The molecule has 1 aromatic carbocycles. The van der Waals surface area contributed by atoms with Gasteiger partial charge in [0, 0.05) is 11.0 Å². The van der Waals surface area contributed by atoms with Crippen molar-refractivity contribution in [2.75, 3.05) is 13.7 Å². The van der Waals surface area contributed by atoms with Crippen LogP contribution in [0.25, 0.3) is 0 Å². The molecule has 2 N–H and O–H groups in total. The molecule has 0 radical (unpaired) electrons. The number of aliphatic hydroxyl groups is 1. The molecule has 90 valence electrons. The quantitative estimate of drug-likeness (QED) is 0.828. The van der Waals surface area contributed by atoms with E-state index in [1.54, 1.807) is 0 Å². The summed E-state index contributed by atoms with van der Waals surface area (Å²) in [5, 5.41) is 19.5. The molecule has 0 fully saturated rings. The lowest BCUT2D eigenvalue weighted by molar-refractivity contribution is 0.213. The Morgan fingerprint density at radius 2 is 1.88 bits per heavy atom. The summed E-state index contributed by atoms with van der Waals surface area (Å²) >= 11 is 0. The van der Waals surface area contributed by atoms with Crippen molar-refractivity contribution in [3.63, 3.8) is 0 Å². The van der Waals surface area contributed by atoms with Crippen LogP contribution in [0.4, 0.5) is 0 Å². The standard InChI is InChI=1S/C13H20O3/c1-8-6-10(16-5)12(15)11(9(8)2)13(3,4)7-14/h6,14-15H,7H2,1-5H3. The number of methoxy groups -OCH3 is 1. The molecule has 0 heterocycles. The molecule has 3 heteroatoms. The average molecular weight is 224 g/mol. The van der Waals surface area contributed by atoms with E-state index in [1.165, 1.54) is 7.11 Å². The van der Waals surface area contributed by atoms with Crippen LogP contribution in [-0.4, -0.2) is 23.9 Å². The number of phenolic OH excluding ortho intramolecular Hbond substituents is 1. The maximum atomic E-state index is 10.1. The van der Waals surface area contributed by atoms with Gasteiger partial charge in [0.05, 0.1) is 13.7 Å². The van der Waals surface area contributed by atoms with Crippen molar-refractivity contribution in [2.45, 2.75) is 33.1 Å². The molecule has 0 saturated heterocycles. The predicted octanol–water partition coefficient (Wildman–Crippen LogP) is 2.29. The number of rotatable bonds is 3. The molecule has 1 rings (SSSR count). The van der Waals surface area contributed by atoms with Gasteiger partial charge >= 0.3 is 0 Å². The van der Waals surface area contributed by atoms with E-state index in [1.807, 2.05) is 33.8 Å². The van der Waals surface area contributed by atoms with Gasteiger partial charge in [-0.2, -0.15) is 0 Å². The number of hydrogen-bond acceptors (Lipinski definition) is 3. The van der Waals surface area contributed by atoms with Crippen LogP contribution in [0.15, 0.2) is 6.07 Å². The third kappa shape index (κ3) is 2.00. The largest absolute Gasteiger partial charge is 0.504 e. The molecule has 0 unspecified atom stereocenters. The number of aliphatic hydroxyl groups excluding tert-OH is 1. The molecular weight excluding hydrogens is 204 g/mol. The lowest BCUT2D eigenvalue weighted by atomic mass is 9.80. The van der Waals surface area contributed by atoms with E-state index in [2.05, 4.69) is 0 Å². The summed E-state index contributed by atoms with van der Waals surface area (Å²) in [5.41, 5.74) is 2.32. The molecule has 0 aromatic heterocycles. The van der Waals surface area contributed by atoms with E-state index >= 15 is 0 Å². The van der Waals surface area contributed by atoms with Gasteiger partial charge in [0.15, 0.2) is 11.5 Å². The minimum Gasteiger partial charge on any atom is -0.504 e. The molecule has 0 bridgehead atoms. The van der Waals surface area contributed by atoms with E-state index in [9.17, 15) is 10.2 Å². The van der Waals surface area contributed by atoms with Crippen molar-refractivity contribution in [3.8, 4) is 11.5 Å². The fourth-order valence-corrected chi connectivity index (χ4v) is 1.93. The van der Waals surface area contributed by atoms with Crippen molar-refractivity contribution >= 4 is 0 Å². The second kappa shape index (κ2) is 4.34. The van der Waals surface area contributed by atoms with Crippen molar-refractivity contribution in [2.24, 2.45) is 0 Å². The first-order valence-corrected chi connectivity index (χ1v) is 5.33. The Labute approximate surface area is 96.7 Å². The molecule has 1 aromatic rings. The Hall–Kier alpha value is -1.22. The maximum absolute atomic E-state index is 10.1. The molecule has 0 aliphatic carbocycles. The Kier molecular flexibility index (Phi) is 3.48. The lowest BCUT2D eigenvalue weighted by Crippen LogP contribution is -2.24. The summed E-state index contributed by atoms with van der Waals surface area (Å²) in [6, 6.07) is 1.81. The Morgan fingerprint density at radius 3 is 2.31 bits per heavy atom. The number of ether oxygens (including phenoxy) is 1. The highest BCUT2D eigenvalue weighted by molar-refractivity contribution is 5.55. The Bertz CT molecular complexity index is 395. The fourth-order valence-electron chi connectivity index (χ4n) is 1.93. The van der Waals surface area contributed by atoms with Crippen molar-refractivity contribution < 1.29 is 14.9 Å². The number of aryl methyl sites for hydroxylation is 1. The van der Waals surface area contributed by atoms with E-state index < -0.39 is 5.41 Å². The van der Waals surface area contributed by atoms with Crippen LogP contribution in [0, 0.1) is 13.8 Å². The number of benzene rings is 1. The van der Waals surface area contributed by atoms with E-state index in [-0.39, 0.29) is 12.4 Å². The van der Waals surface area contributed by atoms with Gasteiger partial charge in [0.25, 0.3) is 0 Å².